The number of hydrogen-bond donors (Lipinski definition) is 1. The van der Waals surface area contributed by atoms with E-state index in [1.807, 2.05) is 13.2 Å². The van der Waals surface area contributed by atoms with Gasteiger partial charge in [-0.25, -0.2) is 0 Å². The van der Waals surface area contributed by atoms with Gasteiger partial charge < -0.3 is 5.32 Å². The lowest BCUT2D eigenvalue weighted by molar-refractivity contribution is 0.555. The largest absolute Gasteiger partial charge is 0.308 e. The zero-order chi connectivity index (χ0) is 9.54. The van der Waals surface area contributed by atoms with Crippen LogP contribution < -0.4 is 5.32 Å². The monoisotopic (exact) mass is 192 g/mol. The molecule has 14 heavy (non-hydrogen) atoms. The van der Waals surface area contributed by atoms with Gasteiger partial charge in [-0.05, 0) is 24.7 Å². The third kappa shape index (κ3) is 1.34. The summed E-state index contributed by atoms with van der Waals surface area (Å²) in [6.07, 6.45) is 6.29. The molecule has 1 N–H and O–H groups in total. The van der Waals surface area contributed by atoms with Crippen LogP contribution in [-0.4, -0.2) is 21.0 Å². The van der Waals surface area contributed by atoms with Gasteiger partial charge in [0.1, 0.15) is 0 Å². The summed E-state index contributed by atoms with van der Waals surface area (Å²) in [7, 11) is 1.91. The van der Waals surface area contributed by atoms with E-state index in [-0.39, 0.29) is 0 Å². The van der Waals surface area contributed by atoms with Gasteiger partial charge in [0.15, 0.2) is 0 Å². The molecule has 4 nitrogen and oxygen atoms in total. The van der Waals surface area contributed by atoms with Crippen molar-refractivity contribution in [1.82, 2.24) is 20.3 Å². The fourth-order valence-corrected chi connectivity index (χ4v) is 2.82. The molecule has 0 aliphatic heterocycles. The molecule has 76 valence electrons. The molecule has 1 heterocycles. The quantitative estimate of drug-likeness (QED) is 0.766. The van der Waals surface area contributed by atoms with Gasteiger partial charge in [-0.3, -0.25) is 4.68 Å². The Hall–Kier alpha value is -0.900. The van der Waals surface area contributed by atoms with Gasteiger partial charge in [-0.1, -0.05) is 11.6 Å². The summed E-state index contributed by atoms with van der Waals surface area (Å²) in [6.45, 7) is 0.880. The molecule has 2 aliphatic carbocycles. The molecule has 0 spiro atoms. The lowest BCUT2D eigenvalue weighted by atomic mass is 10.2. The molecule has 1 aromatic heterocycles. The number of fused-ring (bicyclic) bond motifs is 1. The zero-order valence-electron chi connectivity index (χ0n) is 8.48. The van der Waals surface area contributed by atoms with Crippen molar-refractivity contribution in [3.63, 3.8) is 0 Å². The van der Waals surface area contributed by atoms with Crippen LogP contribution >= 0.6 is 0 Å². The molecular formula is C10H16N4. The molecule has 2 fully saturated rings. The van der Waals surface area contributed by atoms with Crippen molar-refractivity contribution in [2.45, 2.75) is 31.8 Å². The van der Waals surface area contributed by atoms with Crippen molar-refractivity contribution in [2.75, 3.05) is 0 Å². The second-order valence-corrected chi connectivity index (χ2v) is 4.55. The highest BCUT2D eigenvalue weighted by Gasteiger charge is 2.51. The molecule has 3 rings (SSSR count). The van der Waals surface area contributed by atoms with Gasteiger partial charge >= 0.3 is 0 Å². The minimum atomic E-state index is 0.783. The number of hydrogen-bond acceptors (Lipinski definition) is 3. The van der Waals surface area contributed by atoms with Crippen LogP contribution in [0.3, 0.4) is 0 Å². The van der Waals surface area contributed by atoms with E-state index in [9.17, 15) is 0 Å². The van der Waals surface area contributed by atoms with E-state index in [0.717, 1.165) is 30.1 Å². The van der Waals surface area contributed by atoms with Gasteiger partial charge in [0, 0.05) is 25.8 Å². The van der Waals surface area contributed by atoms with Crippen LogP contribution in [0.5, 0.6) is 0 Å². The molecular weight excluding hydrogens is 176 g/mol. The summed E-state index contributed by atoms with van der Waals surface area (Å²) in [5.74, 6) is 1.96. The Morgan fingerprint density at radius 1 is 1.50 bits per heavy atom. The van der Waals surface area contributed by atoms with Crippen molar-refractivity contribution in [1.29, 1.82) is 0 Å². The predicted octanol–water partition coefficient (Wildman–Crippen LogP) is 0.703. The minimum absolute atomic E-state index is 0.783. The maximum Gasteiger partial charge on any atom is 0.0964 e. The van der Waals surface area contributed by atoms with E-state index >= 15 is 0 Å². The van der Waals surface area contributed by atoms with Crippen LogP contribution in [0.4, 0.5) is 0 Å². The van der Waals surface area contributed by atoms with E-state index in [4.69, 9.17) is 0 Å². The van der Waals surface area contributed by atoms with Crippen LogP contribution in [0.15, 0.2) is 6.20 Å². The lowest BCUT2D eigenvalue weighted by Crippen LogP contribution is -2.20. The minimum Gasteiger partial charge on any atom is -0.308 e. The van der Waals surface area contributed by atoms with E-state index in [1.165, 1.54) is 19.3 Å². The van der Waals surface area contributed by atoms with E-state index in [2.05, 4.69) is 15.6 Å². The molecule has 0 saturated heterocycles. The van der Waals surface area contributed by atoms with E-state index in [1.54, 1.807) is 4.68 Å². The highest BCUT2D eigenvalue weighted by molar-refractivity contribution is 5.07. The molecule has 0 amide bonds. The highest BCUT2D eigenvalue weighted by Crippen LogP contribution is 2.51. The standard InChI is InChI=1S/C10H16N4/c1-14-6-7(12-13-14)5-11-10-8-3-2-4-9(8)10/h6,8-11H,2-5H2,1H3. The first-order valence-corrected chi connectivity index (χ1v) is 5.43. The van der Waals surface area contributed by atoms with Crippen LogP contribution in [0.25, 0.3) is 0 Å². The molecule has 0 aromatic carbocycles. The smallest absolute Gasteiger partial charge is 0.0964 e. The third-order valence-corrected chi connectivity index (χ3v) is 3.58. The first-order valence-electron chi connectivity index (χ1n) is 5.43. The Morgan fingerprint density at radius 2 is 2.29 bits per heavy atom. The maximum absolute atomic E-state index is 4.06. The number of rotatable bonds is 3. The summed E-state index contributed by atoms with van der Waals surface area (Å²) in [5, 5.41) is 11.5. The normalized spacial score (nSPS) is 34.5. The van der Waals surface area contributed by atoms with Crippen molar-refractivity contribution < 1.29 is 0 Å². The molecule has 0 radical (unpaired) electrons. The third-order valence-electron chi connectivity index (χ3n) is 3.58. The molecule has 2 aliphatic rings. The zero-order valence-corrected chi connectivity index (χ0v) is 8.48. The number of aromatic nitrogens is 3. The van der Waals surface area contributed by atoms with Crippen LogP contribution in [0.1, 0.15) is 25.0 Å². The first-order chi connectivity index (χ1) is 6.84. The average Bonchev–Trinajstić information content (AvgIpc) is 2.59. The number of nitrogens with one attached hydrogen (secondary N) is 1. The SMILES string of the molecule is Cn1cc(CNC2C3CCCC32)nn1. The van der Waals surface area contributed by atoms with Crippen molar-refractivity contribution in [3.05, 3.63) is 11.9 Å². The summed E-state index contributed by atoms with van der Waals surface area (Å²) in [4.78, 5) is 0. The average molecular weight is 192 g/mol. The maximum atomic E-state index is 4.06. The number of nitrogens with zero attached hydrogens (tertiary/aromatic N) is 3. The van der Waals surface area contributed by atoms with Crippen molar-refractivity contribution >= 4 is 0 Å². The van der Waals surface area contributed by atoms with Gasteiger partial charge in [0.2, 0.25) is 0 Å². The Balaban J connectivity index is 1.51. The Kier molecular flexibility index (Phi) is 1.83. The van der Waals surface area contributed by atoms with Crippen LogP contribution in [0, 0.1) is 11.8 Å². The van der Waals surface area contributed by atoms with Crippen molar-refractivity contribution in [2.24, 2.45) is 18.9 Å². The Bertz CT molecular complexity index is 323. The summed E-state index contributed by atoms with van der Waals surface area (Å²) in [5.41, 5.74) is 1.05. The molecule has 1 aromatic rings. The molecule has 0 bridgehead atoms. The second kappa shape index (κ2) is 3.05. The van der Waals surface area contributed by atoms with Crippen LogP contribution in [0.2, 0.25) is 0 Å². The van der Waals surface area contributed by atoms with Gasteiger partial charge in [0.25, 0.3) is 0 Å². The van der Waals surface area contributed by atoms with Gasteiger partial charge in [0.05, 0.1) is 5.69 Å². The van der Waals surface area contributed by atoms with Crippen LogP contribution in [-0.2, 0) is 13.6 Å². The molecule has 2 unspecified atom stereocenters. The topological polar surface area (TPSA) is 42.7 Å². The van der Waals surface area contributed by atoms with Gasteiger partial charge in [-0.15, -0.1) is 5.10 Å². The van der Waals surface area contributed by atoms with E-state index < -0.39 is 0 Å². The van der Waals surface area contributed by atoms with Gasteiger partial charge in [-0.2, -0.15) is 0 Å². The highest BCUT2D eigenvalue weighted by atomic mass is 15.4. The fourth-order valence-electron chi connectivity index (χ4n) is 2.82. The lowest BCUT2D eigenvalue weighted by Gasteiger charge is -2.03. The molecule has 2 saturated carbocycles. The summed E-state index contributed by atoms with van der Waals surface area (Å²) < 4.78 is 1.75. The summed E-state index contributed by atoms with van der Waals surface area (Å²) in [6, 6.07) is 0.783. The first kappa shape index (κ1) is 8.41. The second-order valence-electron chi connectivity index (χ2n) is 4.55. The Morgan fingerprint density at radius 3 is 2.93 bits per heavy atom. The predicted molar refractivity (Wildman–Crippen MR) is 52.5 cm³/mol. The summed E-state index contributed by atoms with van der Waals surface area (Å²) >= 11 is 0. The fraction of sp³-hybridized carbons (Fsp3) is 0.800. The molecule has 4 heteroatoms. The van der Waals surface area contributed by atoms with E-state index in [0.29, 0.717) is 0 Å². The van der Waals surface area contributed by atoms with Crippen molar-refractivity contribution in [3.8, 4) is 0 Å². The molecule has 2 atom stereocenters. The Labute approximate surface area is 83.7 Å². The number of aryl methyl sites for hydroxylation is 1.